The van der Waals surface area contributed by atoms with E-state index in [0.717, 1.165) is 5.56 Å². The van der Waals surface area contributed by atoms with Gasteiger partial charge in [-0.3, -0.25) is 4.79 Å². The topological polar surface area (TPSA) is 116 Å². The molecule has 1 aromatic rings. The zero-order chi connectivity index (χ0) is 15.1. The summed E-state index contributed by atoms with van der Waals surface area (Å²) in [6.07, 6.45) is 0.0200. The Hall–Kier alpha value is -2.57. The maximum atomic E-state index is 11.7. The van der Waals surface area contributed by atoms with E-state index in [2.05, 4.69) is 10.6 Å². The summed E-state index contributed by atoms with van der Waals surface area (Å²) in [5, 5.41) is 22.0. The molecule has 0 spiro atoms. The average Bonchev–Trinajstić information content (AvgIpc) is 2.37. The second kappa shape index (κ2) is 7.13. The van der Waals surface area contributed by atoms with Crippen molar-refractivity contribution < 1.29 is 24.6 Å². The van der Waals surface area contributed by atoms with E-state index in [1.54, 1.807) is 12.1 Å². The molecule has 20 heavy (non-hydrogen) atoms. The maximum Gasteiger partial charge on any atom is 0.326 e. The molecule has 0 aromatic heterocycles. The minimum Gasteiger partial charge on any atom is -0.481 e. The lowest BCUT2D eigenvalue weighted by Crippen LogP contribution is -2.44. The Labute approximate surface area is 115 Å². The van der Waals surface area contributed by atoms with Gasteiger partial charge in [0.25, 0.3) is 0 Å². The Morgan fingerprint density at radius 3 is 2.40 bits per heavy atom. The summed E-state index contributed by atoms with van der Waals surface area (Å²) in [5.41, 5.74) is 1.46. The van der Waals surface area contributed by atoms with Gasteiger partial charge in [0.2, 0.25) is 0 Å². The quantitative estimate of drug-likeness (QED) is 0.626. The van der Waals surface area contributed by atoms with Crippen molar-refractivity contribution in [2.75, 3.05) is 5.32 Å². The highest BCUT2D eigenvalue weighted by molar-refractivity contribution is 5.93. The summed E-state index contributed by atoms with van der Waals surface area (Å²) in [4.78, 5) is 33.1. The molecule has 0 bridgehead atoms. The minimum atomic E-state index is -1.47. The number of nitrogens with one attached hydrogen (secondary N) is 2. The van der Waals surface area contributed by atoms with Gasteiger partial charge in [-0.25, -0.2) is 9.59 Å². The molecule has 0 aliphatic carbocycles. The molecule has 1 aromatic carbocycles. The highest BCUT2D eigenvalue weighted by Gasteiger charge is 2.23. The third kappa shape index (κ3) is 4.60. The van der Waals surface area contributed by atoms with Crippen LogP contribution in [0.25, 0.3) is 0 Å². The van der Waals surface area contributed by atoms with Crippen LogP contribution in [0.4, 0.5) is 10.5 Å². The fourth-order valence-corrected chi connectivity index (χ4v) is 1.64. The monoisotopic (exact) mass is 280 g/mol. The molecule has 0 saturated carbocycles. The standard InChI is InChI=1S/C13H16N2O5/c1-2-8-5-3-4-6-9(8)14-13(20)15-10(12(18)19)7-11(16)17/h3-6,10H,2,7H2,1H3,(H,16,17)(H,18,19)(H2,14,15,20). The maximum absolute atomic E-state index is 11.7. The van der Waals surface area contributed by atoms with Crippen LogP contribution in [0.5, 0.6) is 0 Å². The number of carboxylic acids is 2. The van der Waals surface area contributed by atoms with E-state index in [4.69, 9.17) is 10.2 Å². The van der Waals surface area contributed by atoms with Gasteiger partial charge in [0.1, 0.15) is 6.04 Å². The molecule has 7 heteroatoms. The van der Waals surface area contributed by atoms with E-state index in [-0.39, 0.29) is 0 Å². The largest absolute Gasteiger partial charge is 0.481 e. The molecule has 1 rings (SSSR count). The Morgan fingerprint density at radius 2 is 1.85 bits per heavy atom. The van der Waals surface area contributed by atoms with Crippen molar-refractivity contribution in [1.82, 2.24) is 5.32 Å². The van der Waals surface area contributed by atoms with E-state index in [1.165, 1.54) is 0 Å². The number of aryl methyl sites for hydroxylation is 1. The molecular formula is C13H16N2O5. The van der Waals surface area contributed by atoms with Gasteiger partial charge in [-0.1, -0.05) is 25.1 Å². The number of rotatable bonds is 6. The van der Waals surface area contributed by atoms with Crippen LogP contribution < -0.4 is 10.6 Å². The predicted octanol–water partition coefficient (Wildman–Crippen LogP) is 1.30. The summed E-state index contributed by atoms with van der Waals surface area (Å²) in [7, 11) is 0. The van der Waals surface area contributed by atoms with Crippen molar-refractivity contribution >= 4 is 23.7 Å². The van der Waals surface area contributed by atoms with Crippen molar-refractivity contribution in [2.24, 2.45) is 0 Å². The van der Waals surface area contributed by atoms with E-state index in [9.17, 15) is 14.4 Å². The van der Waals surface area contributed by atoms with Crippen LogP contribution in [0.2, 0.25) is 0 Å². The number of aliphatic carboxylic acids is 2. The van der Waals surface area contributed by atoms with Crippen LogP contribution in [0.1, 0.15) is 18.9 Å². The third-order valence-electron chi connectivity index (χ3n) is 2.63. The fraction of sp³-hybridized carbons (Fsp3) is 0.308. The predicted molar refractivity (Wildman–Crippen MR) is 71.7 cm³/mol. The Morgan fingerprint density at radius 1 is 1.20 bits per heavy atom. The number of carbonyl (C=O) groups excluding carboxylic acids is 1. The highest BCUT2D eigenvalue weighted by atomic mass is 16.4. The summed E-state index contributed by atoms with van der Waals surface area (Å²) in [6, 6.07) is 4.86. The van der Waals surface area contributed by atoms with Gasteiger partial charge < -0.3 is 20.8 Å². The van der Waals surface area contributed by atoms with E-state index in [1.807, 2.05) is 19.1 Å². The molecule has 0 heterocycles. The number of carbonyl (C=O) groups is 3. The first-order chi connectivity index (χ1) is 9.43. The molecule has 1 unspecified atom stereocenters. The van der Waals surface area contributed by atoms with Crippen LogP contribution >= 0.6 is 0 Å². The molecule has 7 nitrogen and oxygen atoms in total. The fourth-order valence-electron chi connectivity index (χ4n) is 1.64. The van der Waals surface area contributed by atoms with Crippen LogP contribution in [0.15, 0.2) is 24.3 Å². The molecule has 4 N–H and O–H groups in total. The second-order valence-electron chi connectivity index (χ2n) is 4.10. The van der Waals surface area contributed by atoms with E-state index in [0.29, 0.717) is 12.1 Å². The van der Waals surface area contributed by atoms with Crippen molar-refractivity contribution in [3.63, 3.8) is 0 Å². The number of para-hydroxylation sites is 1. The van der Waals surface area contributed by atoms with Crippen LogP contribution in [0.3, 0.4) is 0 Å². The molecule has 108 valence electrons. The lowest BCUT2D eigenvalue weighted by molar-refractivity contribution is -0.145. The highest BCUT2D eigenvalue weighted by Crippen LogP contribution is 2.15. The number of urea groups is 1. The minimum absolute atomic E-state index is 0.562. The van der Waals surface area contributed by atoms with Gasteiger partial charge in [0.15, 0.2) is 0 Å². The normalized spacial score (nSPS) is 11.4. The summed E-state index contributed by atoms with van der Waals surface area (Å²) >= 11 is 0. The first-order valence-corrected chi connectivity index (χ1v) is 6.04. The molecule has 0 saturated heterocycles. The number of hydrogen-bond acceptors (Lipinski definition) is 3. The summed E-state index contributed by atoms with van der Waals surface area (Å²) in [6.45, 7) is 1.92. The average molecular weight is 280 g/mol. The zero-order valence-corrected chi connectivity index (χ0v) is 10.9. The zero-order valence-electron chi connectivity index (χ0n) is 10.9. The van der Waals surface area contributed by atoms with Crippen LogP contribution in [0, 0.1) is 0 Å². The molecule has 0 fully saturated rings. The smallest absolute Gasteiger partial charge is 0.326 e. The van der Waals surface area contributed by atoms with Crippen molar-refractivity contribution in [1.29, 1.82) is 0 Å². The Balaban J connectivity index is 2.70. The molecule has 1 atom stereocenters. The van der Waals surface area contributed by atoms with Crippen molar-refractivity contribution in [2.45, 2.75) is 25.8 Å². The first-order valence-electron chi connectivity index (χ1n) is 6.04. The Kier molecular flexibility index (Phi) is 5.52. The van der Waals surface area contributed by atoms with Gasteiger partial charge in [0, 0.05) is 5.69 Å². The van der Waals surface area contributed by atoms with Crippen molar-refractivity contribution in [3.8, 4) is 0 Å². The molecule has 0 radical (unpaired) electrons. The lowest BCUT2D eigenvalue weighted by Gasteiger charge is -2.14. The molecule has 0 aliphatic rings. The van der Waals surface area contributed by atoms with E-state index < -0.39 is 30.4 Å². The number of carboxylic acid groups (broad SMARTS) is 2. The van der Waals surface area contributed by atoms with Gasteiger partial charge in [-0.15, -0.1) is 0 Å². The summed E-state index contributed by atoms with van der Waals surface area (Å²) < 4.78 is 0. The van der Waals surface area contributed by atoms with Gasteiger partial charge in [-0.2, -0.15) is 0 Å². The number of anilines is 1. The molecule has 2 amide bonds. The Bertz CT molecular complexity index is 515. The first kappa shape index (κ1) is 15.5. The number of hydrogen-bond donors (Lipinski definition) is 4. The second-order valence-corrected chi connectivity index (χ2v) is 4.10. The van der Waals surface area contributed by atoms with Gasteiger partial charge in [0.05, 0.1) is 6.42 Å². The summed E-state index contributed by atoms with van der Waals surface area (Å²) in [5.74, 6) is -2.70. The van der Waals surface area contributed by atoms with Crippen molar-refractivity contribution in [3.05, 3.63) is 29.8 Å². The molecular weight excluding hydrogens is 264 g/mol. The van der Waals surface area contributed by atoms with Gasteiger partial charge in [-0.05, 0) is 18.1 Å². The molecule has 0 aliphatic heterocycles. The lowest BCUT2D eigenvalue weighted by atomic mass is 10.1. The third-order valence-corrected chi connectivity index (χ3v) is 2.63. The van der Waals surface area contributed by atoms with Crippen LogP contribution in [-0.2, 0) is 16.0 Å². The number of benzene rings is 1. The van der Waals surface area contributed by atoms with Gasteiger partial charge >= 0.3 is 18.0 Å². The SMILES string of the molecule is CCc1ccccc1NC(=O)NC(CC(=O)O)C(=O)O. The van der Waals surface area contributed by atoms with Crippen LogP contribution in [-0.4, -0.2) is 34.2 Å². The van der Waals surface area contributed by atoms with E-state index >= 15 is 0 Å². The number of amides is 2.